The number of nitrogen functional groups attached to an aromatic ring is 1. The van der Waals surface area contributed by atoms with Crippen molar-refractivity contribution in [3.05, 3.63) is 29.0 Å². The fourth-order valence-corrected chi connectivity index (χ4v) is 4.95. The molecule has 1 aromatic heterocycles. The number of anilines is 1. The summed E-state index contributed by atoms with van der Waals surface area (Å²) in [5.41, 5.74) is 7.13. The van der Waals surface area contributed by atoms with Crippen LogP contribution in [0.15, 0.2) is 22.7 Å². The zero-order chi connectivity index (χ0) is 14.1. The van der Waals surface area contributed by atoms with Crippen molar-refractivity contribution in [2.75, 3.05) is 17.2 Å². The van der Waals surface area contributed by atoms with E-state index in [1.165, 1.54) is 5.75 Å². The summed E-state index contributed by atoms with van der Waals surface area (Å²) in [5.74, 6) is 3.46. The lowest BCUT2D eigenvalue weighted by Crippen LogP contribution is -2.16. The first kappa shape index (κ1) is 14.1. The highest BCUT2D eigenvalue weighted by atomic mass is 35.5. The number of nitrogens with two attached hydrogens (primary N) is 1. The number of halogens is 1. The zero-order valence-electron chi connectivity index (χ0n) is 10.9. The summed E-state index contributed by atoms with van der Waals surface area (Å²) >= 11 is 9.84. The van der Waals surface area contributed by atoms with Gasteiger partial charge in [-0.05, 0) is 12.1 Å². The molecule has 20 heavy (non-hydrogen) atoms. The molecule has 1 aliphatic heterocycles. The summed E-state index contributed by atoms with van der Waals surface area (Å²) in [6.45, 7) is 2.20. The normalized spacial score (nSPS) is 22.9. The third-order valence-corrected chi connectivity index (χ3v) is 6.58. The quantitative estimate of drug-likeness (QED) is 0.844. The lowest BCUT2D eigenvalue weighted by molar-refractivity contribution is 0.422. The summed E-state index contributed by atoms with van der Waals surface area (Å²) < 4.78 is 5.37. The summed E-state index contributed by atoms with van der Waals surface area (Å²) in [7, 11) is 0. The number of hydrogen-bond donors (Lipinski definition) is 1. The Kier molecular flexibility index (Phi) is 4.14. The van der Waals surface area contributed by atoms with Crippen molar-refractivity contribution in [3.63, 3.8) is 0 Å². The van der Waals surface area contributed by atoms with Gasteiger partial charge in [0.1, 0.15) is 0 Å². The molecule has 1 saturated heterocycles. The van der Waals surface area contributed by atoms with Gasteiger partial charge in [-0.3, -0.25) is 0 Å². The molecule has 1 aromatic carbocycles. The van der Waals surface area contributed by atoms with Gasteiger partial charge in [-0.2, -0.15) is 16.7 Å². The SMILES string of the molecule is CC1SCCSC1c1noc(-c2cccc(Cl)c2N)n1. The molecule has 3 rings (SSSR count). The molecule has 106 valence electrons. The van der Waals surface area contributed by atoms with Crippen LogP contribution >= 0.6 is 35.1 Å². The summed E-state index contributed by atoms with van der Waals surface area (Å²) in [6, 6.07) is 5.41. The highest BCUT2D eigenvalue weighted by molar-refractivity contribution is 8.06. The second kappa shape index (κ2) is 5.87. The van der Waals surface area contributed by atoms with E-state index in [-0.39, 0.29) is 5.25 Å². The Morgan fingerprint density at radius 3 is 2.95 bits per heavy atom. The van der Waals surface area contributed by atoms with E-state index in [0.717, 1.165) is 11.6 Å². The monoisotopic (exact) mass is 327 g/mol. The van der Waals surface area contributed by atoms with Gasteiger partial charge in [-0.1, -0.05) is 29.7 Å². The minimum Gasteiger partial charge on any atom is -0.397 e. The number of thioether (sulfide) groups is 2. The van der Waals surface area contributed by atoms with Crippen molar-refractivity contribution in [2.24, 2.45) is 0 Å². The summed E-state index contributed by atoms with van der Waals surface area (Å²) in [6.07, 6.45) is 0. The van der Waals surface area contributed by atoms with E-state index in [1.807, 2.05) is 35.7 Å². The van der Waals surface area contributed by atoms with Gasteiger partial charge in [0.2, 0.25) is 0 Å². The Hall–Kier alpha value is -0.850. The maximum absolute atomic E-state index is 6.02. The van der Waals surface area contributed by atoms with Crippen molar-refractivity contribution in [2.45, 2.75) is 17.4 Å². The standard InChI is InChI=1S/C13H14ClN3OS2/c1-7-11(20-6-5-19-7)12-16-13(18-17-12)8-3-2-4-9(14)10(8)15/h2-4,7,11H,5-6,15H2,1H3. The average molecular weight is 328 g/mol. The maximum atomic E-state index is 6.02. The molecule has 1 fully saturated rings. The van der Waals surface area contributed by atoms with E-state index < -0.39 is 0 Å². The predicted octanol–water partition coefficient (Wildman–Crippen LogP) is 3.88. The van der Waals surface area contributed by atoms with Gasteiger partial charge in [0.25, 0.3) is 5.89 Å². The Morgan fingerprint density at radius 2 is 2.15 bits per heavy atom. The Labute approximate surface area is 130 Å². The predicted molar refractivity (Wildman–Crippen MR) is 86.3 cm³/mol. The third kappa shape index (κ3) is 2.64. The van der Waals surface area contributed by atoms with Gasteiger partial charge in [-0.25, -0.2) is 0 Å². The van der Waals surface area contributed by atoms with Crippen LogP contribution in [0.5, 0.6) is 0 Å². The van der Waals surface area contributed by atoms with Crippen LogP contribution in [0.4, 0.5) is 5.69 Å². The van der Waals surface area contributed by atoms with Crippen molar-refractivity contribution >= 4 is 40.8 Å². The molecule has 0 bridgehead atoms. The van der Waals surface area contributed by atoms with Gasteiger partial charge in [0.15, 0.2) is 5.82 Å². The Bertz CT molecular complexity index is 619. The van der Waals surface area contributed by atoms with Crippen LogP contribution in [0.3, 0.4) is 0 Å². The topological polar surface area (TPSA) is 64.9 Å². The molecule has 0 saturated carbocycles. The Morgan fingerprint density at radius 1 is 1.35 bits per heavy atom. The van der Waals surface area contributed by atoms with Crippen LogP contribution < -0.4 is 5.73 Å². The van der Waals surface area contributed by atoms with Gasteiger partial charge < -0.3 is 10.3 Å². The van der Waals surface area contributed by atoms with E-state index >= 15 is 0 Å². The molecule has 7 heteroatoms. The smallest absolute Gasteiger partial charge is 0.260 e. The van der Waals surface area contributed by atoms with E-state index in [1.54, 1.807) is 6.07 Å². The minimum atomic E-state index is 0.270. The fraction of sp³-hybridized carbons (Fsp3) is 0.385. The lowest BCUT2D eigenvalue weighted by atomic mass is 10.2. The van der Waals surface area contributed by atoms with Gasteiger partial charge >= 0.3 is 0 Å². The van der Waals surface area contributed by atoms with Crippen LogP contribution in [0.1, 0.15) is 18.0 Å². The molecule has 4 nitrogen and oxygen atoms in total. The molecule has 2 unspecified atom stereocenters. The molecular formula is C13H14ClN3OS2. The molecule has 0 amide bonds. The summed E-state index contributed by atoms with van der Waals surface area (Å²) in [4.78, 5) is 4.51. The second-order valence-electron chi connectivity index (χ2n) is 4.53. The van der Waals surface area contributed by atoms with Gasteiger partial charge in [0, 0.05) is 16.8 Å². The van der Waals surface area contributed by atoms with Crippen LogP contribution in [0.25, 0.3) is 11.5 Å². The van der Waals surface area contributed by atoms with Gasteiger partial charge in [-0.15, -0.1) is 11.8 Å². The highest BCUT2D eigenvalue weighted by Crippen LogP contribution is 2.42. The third-order valence-electron chi connectivity index (χ3n) is 3.17. The van der Waals surface area contributed by atoms with Crippen LogP contribution in [0.2, 0.25) is 5.02 Å². The molecule has 2 heterocycles. The number of aromatic nitrogens is 2. The Balaban J connectivity index is 1.92. The molecule has 0 radical (unpaired) electrons. The molecule has 2 atom stereocenters. The zero-order valence-corrected chi connectivity index (χ0v) is 13.3. The average Bonchev–Trinajstić information content (AvgIpc) is 2.92. The van der Waals surface area contributed by atoms with Crippen molar-refractivity contribution < 1.29 is 4.52 Å². The number of nitrogens with zero attached hydrogens (tertiary/aromatic N) is 2. The number of hydrogen-bond acceptors (Lipinski definition) is 6. The van der Waals surface area contributed by atoms with Gasteiger partial charge in [0.05, 0.1) is 21.5 Å². The first-order valence-corrected chi connectivity index (χ1v) is 8.75. The second-order valence-corrected chi connectivity index (χ2v) is 7.67. The molecule has 1 aliphatic rings. The van der Waals surface area contributed by atoms with Crippen molar-refractivity contribution in [1.82, 2.24) is 10.1 Å². The van der Waals surface area contributed by atoms with Crippen LogP contribution in [0, 0.1) is 0 Å². The van der Waals surface area contributed by atoms with Crippen molar-refractivity contribution in [1.29, 1.82) is 0 Å². The maximum Gasteiger partial charge on any atom is 0.260 e. The van der Waals surface area contributed by atoms with E-state index in [2.05, 4.69) is 17.1 Å². The molecule has 2 aromatic rings. The number of para-hydroxylation sites is 1. The molecular weight excluding hydrogens is 314 g/mol. The van der Waals surface area contributed by atoms with Crippen molar-refractivity contribution in [3.8, 4) is 11.5 Å². The molecule has 0 aliphatic carbocycles. The molecule has 2 N–H and O–H groups in total. The highest BCUT2D eigenvalue weighted by Gasteiger charge is 2.28. The lowest BCUT2D eigenvalue weighted by Gasteiger charge is -2.24. The first-order chi connectivity index (χ1) is 9.66. The number of benzene rings is 1. The van der Waals surface area contributed by atoms with E-state index in [0.29, 0.717) is 27.4 Å². The summed E-state index contributed by atoms with van der Waals surface area (Å²) in [5, 5.41) is 5.37. The minimum absolute atomic E-state index is 0.270. The van der Waals surface area contributed by atoms with E-state index in [4.69, 9.17) is 21.9 Å². The van der Waals surface area contributed by atoms with Crippen LogP contribution in [-0.2, 0) is 0 Å². The van der Waals surface area contributed by atoms with Crippen LogP contribution in [-0.4, -0.2) is 26.9 Å². The number of rotatable bonds is 2. The largest absolute Gasteiger partial charge is 0.397 e. The first-order valence-electron chi connectivity index (χ1n) is 6.28. The molecule has 0 spiro atoms. The van der Waals surface area contributed by atoms with E-state index in [9.17, 15) is 0 Å². The fourth-order valence-electron chi connectivity index (χ4n) is 2.10.